The maximum Gasteiger partial charge on any atom is 0.232 e. The Morgan fingerprint density at radius 2 is 1.88 bits per heavy atom. The molecule has 2 aromatic carbocycles. The lowest BCUT2D eigenvalue weighted by Crippen LogP contribution is -2.34. The van der Waals surface area contributed by atoms with Crippen LogP contribution in [0.5, 0.6) is 11.5 Å². The number of amides is 1. The second-order valence-electron chi connectivity index (χ2n) is 5.81. The van der Waals surface area contributed by atoms with Crippen molar-refractivity contribution in [3.63, 3.8) is 0 Å². The summed E-state index contributed by atoms with van der Waals surface area (Å²) in [6.45, 7) is 1.97. The largest absolute Gasteiger partial charge is 0.497 e. The van der Waals surface area contributed by atoms with Crippen molar-refractivity contribution in [2.24, 2.45) is 0 Å². The molecule has 2 N–H and O–H groups in total. The van der Waals surface area contributed by atoms with Crippen molar-refractivity contribution in [1.29, 1.82) is 0 Å². The zero-order chi connectivity index (χ0) is 18.9. The fraction of sp³-hybridized carbons (Fsp3) is 0.350. The number of aliphatic hydroxyl groups excluding tert-OH is 1. The quantitative estimate of drug-likeness (QED) is 0.705. The van der Waals surface area contributed by atoms with Crippen LogP contribution in [-0.2, 0) is 10.5 Å². The molecule has 0 aromatic heterocycles. The molecule has 6 heteroatoms. The zero-order valence-electron chi connectivity index (χ0n) is 15.3. The summed E-state index contributed by atoms with van der Waals surface area (Å²) in [4.78, 5) is 12.3. The van der Waals surface area contributed by atoms with Crippen molar-refractivity contribution in [2.45, 2.75) is 24.0 Å². The topological polar surface area (TPSA) is 67.8 Å². The molecule has 2 atom stereocenters. The lowest BCUT2D eigenvalue weighted by Gasteiger charge is -2.18. The summed E-state index contributed by atoms with van der Waals surface area (Å²) in [5.41, 5.74) is 1.76. The van der Waals surface area contributed by atoms with E-state index in [-0.39, 0.29) is 17.7 Å². The van der Waals surface area contributed by atoms with Crippen LogP contribution in [0.25, 0.3) is 0 Å². The molecule has 1 amide bonds. The molecule has 0 heterocycles. The van der Waals surface area contributed by atoms with Crippen LogP contribution in [0.15, 0.2) is 48.5 Å². The van der Waals surface area contributed by atoms with E-state index in [1.54, 1.807) is 44.2 Å². The third kappa shape index (κ3) is 5.68. The summed E-state index contributed by atoms with van der Waals surface area (Å²) in [5, 5.41) is 13.0. The van der Waals surface area contributed by atoms with E-state index in [4.69, 9.17) is 9.47 Å². The van der Waals surface area contributed by atoms with Crippen molar-refractivity contribution < 1.29 is 19.4 Å². The first kappa shape index (κ1) is 20.1. The maximum atomic E-state index is 12.3. The van der Waals surface area contributed by atoms with E-state index in [1.165, 1.54) is 5.56 Å². The second kappa shape index (κ2) is 10.1. The molecular weight excluding hydrogens is 350 g/mol. The molecule has 5 nitrogen and oxygen atoms in total. The average Bonchev–Trinajstić information content (AvgIpc) is 2.70. The van der Waals surface area contributed by atoms with Gasteiger partial charge >= 0.3 is 0 Å². The molecule has 0 fully saturated rings. The number of benzene rings is 2. The fourth-order valence-corrected chi connectivity index (χ4v) is 3.29. The SMILES string of the molecule is COc1ccc(OC)c(C(O)CNC(=O)C(C)SCc2ccccc2)c1. The Morgan fingerprint density at radius 1 is 1.15 bits per heavy atom. The summed E-state index contributed by atoms with van der Waals surface area (Å²) in [6, 6.07) is 15.2. The first-order chi connectivity index (χ1) is 12.5. The lowest BCUT2D eigenvalue weighted by atomic mass is 10.1. The van der Waals surface area contributed by atoms with Crippen LogP contribution in [-0.4, -0.2) is 37.0 Å². The average molecular weight is 375 g/mol. The van der Waals surface area contributed by atoms with Gasteiger partial charge in [0.15, 0.2) is 0 Å². The number of carbonyl (C=O) groups excluding carboxylic acids is 1. The van der Waals surface area contributed by atoms with Crippen molar-refractivity contribution in [2.75, 3.05) is 20.8 Å². The number of hydrogen-bond acceptors (Lipinski definition) is 5. The molecule has 0 aliphatic rings. The van der Waals surface area contributed by atoms with Crippen molar-refractivity contribution >= 4 is 17.7 Å². The van der Waals surface area contributed by atoms with E-state index in [0.29, 0.717) is 17.1 Å². The highest BCUT2D eigenvalue weighted by atomic mass is 32.2. The Labute approximate surface area is 158 Å². The number of ether oxygens (including phenoxy) is 2. The van der Waals surface area contributed by atoms with Crippen LogP contribution in [0.1, 0.15) is 24.2 Å². The summed E-state index contributed by atoms with van der Waals surface area (Å²) >= 11 is 1.56. The lowest BCUT2D eigenvalue weighted by molar-refractivity contribution is -0.120. The second-order valence-corrected chi connectivity index (χ2v) is 7.14. The Balaban J connectivity index is 1.88. The first-order valence-corrected chi connectivity index (χ1v) is 9.43. The van der Waals surface area contributed by atoms with Crippen molar-refractivity contribution in [1.82, 2.24) is 5.32 Å². The molecule has 0 aliphatic carbocycles. The van der Waals surface area contributed by atoms with E-state index in [1.807, 2.05) is 37.3 Å². The molecule has 0 saturated carbocycles. The minimum absolute atomic E-state index is 0.105. The van der Waals surface area contributed by atoms with E-state index in [9.17, 15) is 9.90 Å². The minimum Gasteiger partial charge on any atom is -0.497 e. The van der Waals surface area contributed by atoms with Crippen LogP contribution in [0, 0.1) is 0 Å². The number of rotatable bonds is 9. The fourth-order valence-electron chi connectivity index (χ4n) is 2.42. The number of nitrogens with one attached hydrogen (secondary N) is 1. The normalized spacial score (nSPS) is 12.9. The molecule has 140 valence electrons. The monoisotopic (exact) mass is 375 g/mol. The van der Waals surface area contributed by atoms with E-state index in [0.717, 1.165) is 5.75 Å². The summed E-state index contributed by atoms with van der Waals surface area (Å²) < 4.78 is 10.5. The molecule has 0 saturated heterocycles. The number of thioether (sulfide) groups is 1. The predicted octanol–water partition coefficient (Wildman–Crippen LogP) is 3.18. The highest BCUT2D eigenvalue weighted by Crippen LogP contribution is 2.29. The third-order valence-corrected chi connectivity index (χ3v) is 5.19. The van der Waals surface area contributed by atoms with Gasteiger partial charge in [-0.1, -0.05) is 30.3 Å². The number of hydrogen-bond donors (Lipinski definition) is 2. The molecule has 2 rings (SSSR count). The highest BCUT2D eigenvalue weighted by Gasteiger charge is 2.18. The van der Waals surface area contributed by atoms with Gasteiger partial charge in [0.2, 0.25) is 5.91 Å². The standard InChI is InChI=1S/C20H25NO4S/c1-14(26-13-15-7-5-4-6-8-15)20(23)21-12-18(22)17-11-16(24-2)9-10-19(17)25-3/h4-11,14,18,22H,12-13H2,1-3H3,(H,21,23). The van der Waals surface area contributed by atoms with Crippen LogP contribution in [0.2, 0.25) is 0 Å². The molecule has 2 unspecified atom stereocenters. The highest BCUT2D eigenvalue weighted by molar-refractivity contribution is 7.99. The minimum atomic E-state index is -0.879. The van der Waals surface area contributed by atoms with E-state index in [2.05, 4.69) is 5.32 Å². The van der Waals surface area contributed by atoms with Gasteiger partial charge in [-0.3, -0.25) is 4.79 Å². The molecule has 2 aromatic rings. The van der Waals surface area contributed by atoms with Gasteiger partial charge in [-0.25, -0.2) is 0 Å². The van der Waals surface area contributed by atoms with Gasteiger partial charge in [0.25, 0.3) is 0 Å². The molecule has 0 aliphatic heterocycles. The smallest absolute Gasteiger partial charge is 0.232 e. The predicted molar refractivity (Wildman–Crippen MR) is 105 cm³/mol. The van der Waals surface area contributed by atoms with Gasteiger partial charge in [0.05, 0.1) is 25.6 Å². The molecule has 0 bridgehead atoms. The van der Waals surface area contributed by atoms with Crippen LogP contribution in [0.3, 0.4) is 0 Å². The Hall–Kier alpha value is -2.18. The Kier molecular flexibility index (Phi) is 7.81. The summed E-state index contributed by atoms with van der Waals surface area (Å²) in [7, 11) is 3.10. The van der Waals surface area contributed by atoms with Gasteiger partial charge in [0, 0.05) is 17.9 Å². The van der Waals surface area contributed by atoms with Crippen LogP contribution < -0.4 is 14.8 Å². The Morgan fingerprint density at radius 3 is 2.54 bits per heavy atom. The molecule has 0 radical (unpaired) electrons. The third-order valence-electron chi connectivity index (χ3n) is 3.98. The van der Waals surface area contributed by atoms with Crippen molar-refractivity contribution in [3.05, 3.63) is 59.7 Å². The van der Waals surface area contributed by atoms with Crippen LogP contribution >= 0.6 is 11.8 Å². The number of carbonyl (C=O) groups is 1. The van der Waals surface area contributed by atoms with Gasteiger partial charge in [-0.15, -0.1) is 11.8 Å². The van der Waals surface area contributed by atoms with E-state index < -0.39 is 6.10 Å². The van der Waals surface area contributed by atoms with Crippen LogP contribution in [0.4, 0.5) is 0 Å². The number of aliphatic hydroxyl groups is 1. The van der Waals surface area contributed by atoms with Gasteiger partial charge in [-0.05, 0) is 30.7 Å². The summed E-state index contributed by atoms with van der Waals surface area (Å²) in [5.74, 6) is 1.84. The zero-order valence-corrected chi connectivity index (χ0v) is 16.1. The van der Waals surface area contributed by atoms with Gasteiger partial charge in [-0.2, -0.15) is 0 Å². The van der Waals surface area contributed by atoms with Gasteiger partial charge in [0.1, 0.15) is 11.5 Å². The van der Waals surface area contributed by atoms with E-state index >= 15 is 0 Å². The molecule has 0 spiro atoms. The summed E-state index contributed by atoms with van der Waals surface area (Å²) in [6.07, 6.45) is -0.879. The Bertz CT molecular complexity index is 708. The molecular formula is C20H25NO4S. The number of methoxy groups -OCH3 is 2. The molecule has 26 heavy (non-hydrogen) atoms. The van der Waals surface area contributed by atoms with Crippen molar-refractivity contribution in [3.8, 4) is 11.5 Å². The maximum absolute atomic E-state index is 12.3. The van der Waals surface area contributed by atoms with Gasteiger partial charge < -0.3 is 19.9 Å². The first-order valence-electron chi connectivity index (χ1n) is 8.38.